The summed E-state index contributed by atoms with van der Waals surface area (Å²) in [6.45, 7) is 4.46. The summed E-state index contributed by atoms with van der Waals surface area (Å²) in [4.78, 5) is 4.30. The molecule has 0 saturated carbocycles. The zero-order valence-corrected chi connectivity index (χ0v) is 11.8. The normalized spacial score (nSPS) is 12.4. The van der Waals surface area contributed by atoms with Gasteiger partial charge in [-0.1, -0.05) is 32.6 Å². The van der Waals surface area contributed by atoms with E-state index in [1.807, 2.05) is 18.3 Å². The lowest BCUT2D eigenvalue weighted by Gasteiger charge is -2.14. The largest absolute Gasteiger partial charge is 0.368 e. The molecule has 0 spiro atoms. The van der Waals surface area contributed by atoms with Gasteiger partial charge >= 0.3 is 0 Å². The Morgan fingerprint density at radius 2 is 2.12 bits per heavy atom. The molecule has 3 heteroatoms. The van der Waals surface area contributed by atoms with Gasteiger partial charge in [0.2, 0.25) is 0 Å². The number of aromatic nitrogens is 1. The molecule has 0 saturated heterocycles. The summed E-state index contributed by atoms with van der Waals surface area (Å²) in [5, 5.41) is 3.41. The molecule has 2 nitrogen and oxygen atoms in total. The van der Waals surface area contributed by atoms with Crippen molar-refractivity contribution in [1.29, 1.82) is 0 Å². The number of hydrogen-bond donors (Lipinski definition) is 1. The van der Waals surface area contributed by atoms with Crippen LogP contribution in [-0.4, -0.2) is 11.0 Å². The average molecular weight is 285 g/mol. The van der Waals surface area contributed by atoms with E-state index in [1.165, 1.54) is 32.1 Å². The standard InChI is InChI=1S/C13H21BrN2/c1-3-4-5-6-7-11(2)16-13-9-8-12(14)10-15-13/h8-11H,3-7H2,1-2H3,(H,15,16). The molecule has 1 atom stereocenters. The Balaban J connectivity index is 2.23. The van der Waals surface area contributed by atoms with Gasteiger partial charge in [-0.15, -0.1) is 0 Å². The molecule has 16 heavy (non-hydrogen) atoms. The van der Waals surface area contributed by atoms with E-state index in [9.17, 15) is 0 Å². The summed E-state index contributed by atoms with van der Waals surface area (Å²) in [6, 6.07) is 4.52. The highest BCUT2D eigenvalue weighted by molar-refractivity contribution is 9.10. The van der Waals surface area contributed by atoms with Crippen LogP contribution in [0.25, 0.3) is 0 Å². The smallest absolute Gasteiger partial charge is 0.126 e. The molecule has 0 amide bonds. The minimum Gasteiger partial charge on any atom is -0.368 e. The van der Waals surface area contributed by atoms with E-state index in [0.29, 0.717) is 6.04 Å². The molecule has 1 aromatic rings. The van der Waals surface area contributed by atoms with Crippen LogP contribution in [0.3, 0.4) is 0 Å². The molecule has 0 aliphatic carbocycles. The first kappa shape index (κ1) is 13.5. The van der Waals surface area contributed by atoms with Gasteiger partial charge in [-0.2, -0.15) is 0 Å². The Kier molecular flexibility index (Phi) is 6.46. The number of halogens is 1. The van der Waals surface area contributed by atoms with Crippen molar-refractivity contribution in [3.05, 3.63) is 22.8 Å². The van der Waals surface area contributed by atoms with Crippen molar-refractivity contribution in [2.75, 3.05) is 5.32 Å². The van der Waals surface area contributed by atoms with E-state index >= 15 is 0 Å². The van der Waals surface area contributed by atoms with Crippen LogP contribution in [0.1, 0.15) is 46.0 Å². The second-order valence-corrected chi connectivity index (χ2v) is 5.17. The van der Waals surface area contributed by atoms with Crippen molar-refractivity contribution in [3.63, 3.8) is 0 Å². The molecule has 0 fully saturated rings. The molecular weight excluding hydrogens is 264 g/mol. The predicted octanol–water partition coefficient (Wildman–Crippen LogP) is 4.61. The number of rotatable bonds is 7. The minimum absolute atomic E-state index is 0.505. The number of anilines is 1. The highest BCUT2D eigenvalue weighted by Gasteiger charge is 2.02. The quantitative estimate of drug-likeness (QED) is 0.740. The molecule has 0 radical (unpaired) electrons. The molecule has 1 heterocycles. The van der Waals surface area contributed by atoms with Gasteiger partial charge in [0.1, 0.15) is 5.82 Å². The summed E-state index contributed by atoms with van der Waals surface area (Å²) in [7, 11) is 0. The third kappa shape index (κ3) is 5.50. The van der Waals surface area contributed by atoms with E-state index in [0.717, 1.165) is 10.3 Å². The van der Waals surface area contributed by atoms with Crippen LogP contribution in [0.15, 0.2) is 22.8 Å². The summed E-state index contributed by atoms with van der Waals surface area (Å²) in [6.07, 6.45) is 8.35. The molecule has 1 rings (SSSR count). The lowest BCUT2D eigenvalue weighted by atomic mass is 10.1. The highest BCUT2D eigenvalue weighted by atomic mass is 79.9. The lowest BCUT2D eigenvalue weighted by Crippen LogP contribution is -2.15. The van der Waals surface area contributed by atoms with Crippen LogP contribution in [0.4, 0.5) is 5.82 Å². The molecule has 1 aromatic heterocycles. The van der Waals surface area contributed by atoms with Gasteiger partial charge in [0.05, 0.1) is 0 Å². The van der Waals surface area contributed by atoms with Crippen LogP contribution < -0.4 is 5.32 Å². The molecule has 0 bridgehead atoms. The zero-order valence-electron chi connectivity index (χ0n) is 10.2. The lowest BCUT2D eigenvalue weighted by molar-refractivity contribution is 0.593. The molecule has 0 aromatic carbocycles. The van der Waals surface area contributed by atoms with Crippen LogP contribution in [0.5, 0.6) is 0 Å². The monoisotopic (exact) mass is 284 g/mol. The van der Waals surface area contributed by atoms with Crippen LogP contribution in [0, 0.1) is 0 Å². The van der Waals surface area contributed by atoms with Gasteiger partial charge in [0, 0.05) is 16.7 Å². The maximum absolute atomic E-state index is 4.30. The number of unbranched alkanes of at least 4 members (excludes halogenated alkanes) is 3. The Bertz CT molecular complexity index is 284. The fourth-order valence-electron chi connectivity index (χ4n) is 1.66. The van der Waals surface area contributed by atoms with E-state index in [1.54, 1.807) is 0 Å². The van der Waals surface area contributed by atoms with E-state index in [4.69, 9.17) is 0 Å². The van der Waals surface area contributed by atoms with Crippen molar-refractivity contribution in [2.45, 2.75) is 52.0 Å². The molecule has 1 unspecified atom stereocenters. The van der Waals surface area contributed by atoms with Crippen molar-refractivity contribution >= 4 is 21.7 Å². The van der Waals surface area contributed by atoms with Crippen LogP contribution in [-0.2, 0) is 0 Å². The SMILES string of the molecule is CCCCCCC(C)Nc1ccc(Br)cn1. The topological polar surface area (TPSA) is 24.9 Å². The average Bonchev–Trinajstić information content (AvgIpc) is 2.28. The first-order valence-electron chi connectivity index (χ1n) is 6.10. The van der Waals surface area contributed by atoms with Crippen LogP contribution in [0.2, 0.25) is 0 Å². The van der Waals surface area contributed by atoms with Crippen molar-refractivity contribution < 1.29 is 0 Å². The zero-order chi connectivity index (χ0) is 11.8. The Hall–Kier alpha value is -0.570. The van der Waals surface area contributed by atoms with Crippen molar-refractivity contribution in [1.82, 2.24) is 4.98 Å². The second kappa shape index (κ2) is 7.66. The third-order valence-electron chi connectivity index (χ3n) is 2.61. The maximum Gasteiger partial charge on any atom is 0.126 e. The second-order valence-electron chi connectivity index (χ2n) is 4.26. The highest BCUT2D eigenvalue weighted by Crippen LogP contribution is 2.13. The van der Waals surface area contributed by atoms with Gasteiger partial charge in [-0.25, -0.2) is 4.98 Å². The molecular formula is C13H21BrN2. The molecule has 90 valence electrons. The first-order chi connectivity index (χ1) is 7.72. The number of nitrogens with one attached hydrogen (secondary N) is 1. The van der Waals surface area contributed by atoms with E-state index < -0.39 is 0 Å². The summed E-state index contributed by atoms with van der Waals surface area (Å²) in [5.74, 6) is 0.964. The van der Waals surface area contributed by atoms with Crippen molar-refractivity contribution in [3.8, 4) is 0 Å². The maximum atomic E-state index is 4.30. The van der Waals surface area contributed by atoms with Crippen LogP contribution >= 0.6 is 15.9 Å². The summed E-state index contributed by atoms with van der Waals surface area (Å²) in [5.41, 5.74) is 0. The van der Waals surface area contributed by atoms with Gasteiger partial charge in [0.15, 0.2) is 0 Å². The van der Waals surface area contributed by atoms with E-state index in [2.05, 4.69) is 40.1 Å². The Labute approximate surface area is 107 Å². The molecule has 0 aliphatic heterocycles. The molecule has 1 N–H and O–H groups in total. The number of hydrogen-bond acceptors (Lipinski definition) is 2. The fraction of sp³-hybridized carbons (Fsp3) is 0.615. The predicted molar refractivity (Wildman–Crippen MR) is 73.8 cm³/mol. The van der Waals surface area contributed by atoms with Crippen molar-refractivity contribution in [2.24, 2.45) is 0 Å². The van der Waals surface area contributed by atoms with Gasteiger partial charge in [-0.05, 0) is 41.4 Å². The van der Waals surface area contributed by atoms with E-state index in [-0.39, 0.29) is 0 Å². The minimum atomic E-state index is 0.505. The van der Waals surface area contributed by atoms with Gasteiger partial charge in [-0.3, -0.25) is 0 Å². The summed E-state index contributed by atoms with van der Waals surface area (Å²) >= 11 is 3.38. The Morgan fingerprint density at radius 3 is 2.75 bits per heavy atom. The van der Waals surface area contributed by atoms with Gasteiger partial charge < -0.3 is 5.32 Å². The fourth-order valence-corrected chi connectivity index (χ4v) is 1.90. The third-order valence-corrected chi connectivity index (χ3v) is 3.08. The molecule has 0 aliphatic rings. The number of pyridine rings is 1. The summed E-state index contributed by atoms with van der Waals surface area (Å²) < 4.78 is 1.02. The number of nitrogens with zero attached hydrogens (tertiary/aromatic N) is 1. The Morgan fingerprint density at radius 1 is 1.31 bits per heavy atom. The first-order valence-corrected chi connectivity index (χ1v) is 6.89. The van der Waals surface area contributed by atoms with Gasteiger partial charge in [0.25, 0.3) is 0 Å².